The van der Waals surface area contributed by atoms with Crippen molar-refractivity contribution in [3.63, 3.8) is 0 Å². The van der Waals surface area contributed by atoms with Gasteiger partial charge in [-0.05, 0) is 84.5 Å². The molecule has 1 unspecified atom stereocenters. The number of carbonyl (C=O) groups excluding carboxylic acids is 1. The van der Waals surface area contributed by atoms with Crippen molar-refractivity contribution in [2.75, 3.05) is 4.90 Å². The Morgan fingerprint density at radius 3 is 2.66 bits per heavy atom. The Morgan fingerprint density at radius 2 is 1.88 bits per heavy atom. The van der Waals surface area contributed by atoms with Gasteiger partial charge in [0, 0.05) is 11.3 Å². The van der Waals surface area contributed by atoms with Crippen molar-refractivity contribution in [2.24, 2.45) is 0 Å². The SMILES string of the molecule is Cc1ccc(N2Cc3c(CCc4ccc5c(c4)CCC5CC(=O)O)cccc3C2=O)cc1. The second-order valence-corrected chi connectivity index (χ2v) is 9.04. The lowest BCUT2D eigenvalue weighted by Gasteiger charge is -2.16. The summed E-state index contributed by atoms with van der Waals surface area (Å²) in [7, 11) is 0. The number of rotatable bonds is 6. The van der Waals surface area contributed by atoms with Crippen LogP contribution < -0.4 is 4.90 Å². The summed E-state index contributed by atoms with van der Waals surface area (Å²) in [6.07, 6.45) is 3.89. The third kappa shape index (κ3) is 3.81. The first-order valence-electron chi connectivity index (χ1n) is 11.3. The predicted octanol–water partition coefficient (Wildman–Crippen LogP) is 5.45. The number of carboxylic acids is 1. The molecule has 1 aliphatic carbocycles. The van der Waals surface area contributed by atoms with E-state index in [-0.39, 0.29) is 18.2 Å². The fraction of sp³-hybridized carbons (Fsp3) is 0.286. The molecule has 1 heterocycles. The standard InChI is InChI=1S/C28H27NO3/c1-18-5-12-23(13-6-18)29-17-26-20(3-2-4-25(26)28(29)32)9-7-19-8-14-24-21(15-19)10-11-22(24)16-27(30)31/h2-6,8,12-15,22H,7,9-11,16-17H2,1H3,(H,30,31). The molecule has 0 spiro atoms. The lowest BCUT2D eigenvalue weighted by atomic mass is 9.94. The quantitative estimate of drug-likeness (QED) is 0.572. The van der Waals surface area contributed by atoms with Crippen molar-refractivity contribution in [3.05, 3.63) is 99.6 Å². The minimum Gasteiger partial charge on any atom is -0.481 e. The van der Waals surface area contributed by atoms with Crippen LogP contribution in [0, 0.1) is 6.92 Å². The average Bonchev–Trinajstić information content (AvgIpc) is 3.33. The van der Waals surface area contributed by atoms with Crippen molar-refractivity contribution in [1.29, 1.82) is 0 Å². The highest BCUT2D eigenvalue weighted by Gasteiger charge is 2.30. The van der Waals surface area contributed by atoms with Gasteiger partial charge in [0.25, 0.3) is 5.91 Å². The van der Waals surface area contributed by atoms with Gasteiger partial charge in [-0.25, -0.2) is 0 Å². The minimum absolute atomic E-state index is 0.0766. The summed E-state index contributed by atoms with van der Waals surface area (Å²) in [5.74, 6) is -0.500. The lowest BCUT2D eigenvalue weighted by Crippen LogP contribution is -2.22. The number of anilines is 1. The highest BCUT2D eigenvalue weighted by molar-refractivity contribution is 6.10. The molecule has 1 aliphatic heterocycles. The van der Waals surface area contributed by atoms with E-state index in [1.807, 2.05) is 48.2 Å². The molecule has 162 valence electrons. The van der Waals surface area contributed by atoms with Crippen LogP contribution in [0.4, 0.5) is 5.69 Å². The van der Waals surface area contributed by atoms with Crippen molar-refractivity contribution < 1.29 is 14.7 Å². The summed E-state index contributed by atoms with van der Waals surface area (Å²) in [5, 5.41) is 9.14. The normalized spacial score (nSPS) is 16.8. The summed E-state index contributed by atoms with van der Waals surface area (Å²) in [5.41, 5.74) is 9.09. The van der Waals surface area contributed by atoms with E-state index in [2.05, 4.69) is 24.3 Å². The highest BCUT2D eigenvalue weighted by Crippen LogP contribution is 2.36. The van der Waals surface area contributed by atoms with E-state index in [4.69, 9.17) is 5.11 Å². The number of hydrogen-bond acceptors (Lipinski definition) is 2. The molecule has 3 aromatic rings. The van der Waals surface area contributed by atoms with Gasteiger partial charge in [-0.3, -0.25) is 9.59 Å². The fourth-order valence-corrected chi connectivity index (χ4v) is 5.18. The summed E-state index contributed by atoms with van der Waals surface area (Å²) in [4.78, 5) is 26.0. The molecule has 0 aromatic heterocycles. The van der Waals surface area contributed by atoms with Gasteiger partial charge in [0.1, 0.15) is 0 Å². The molecule has 0 saturated carbocycles. The zero-order valence-electron chi connectivity index (χ0n) is 18.3. The van der Waals surface area contributed by atoms with Crippen molar-refractivity contribution in [3.8, 4) is 0 Å². The Labute approximate surface area is 188 Å². The van der Waals surface area contributed by atoms with Gasteiger partial charge in [-0.2, -0.15) is 0 Å². The van der Waals surface area contributed by atoms with E-state index in [9.17, 15) is 9.59 Å². The van der Waals surface area contributed by atoms with E-state index in [1.54, 1.807) is 0 Å². The number of hydrogen-bond donors (Lipinski definition) is 1. The zero-order chi connectivity index (χ0) is 22.2. The van der Waals surface area contributed by atoms with E-state index in [0.717, 1.165) is 42.5 Å². The smallest absolute Gasteiger partial charge is 0.303 e. The van der Waals surface area contributed by atoms with Gasteiger partial charge in [0.15, 0.2) is 0 Å². The zero-order valence-corrected chi connectivity index (χ0v) is 18.3. The van der Waals surface area contributed by atoms with E-state index in [1.165, 1.54) is 27.8 Å². The van der Waals surface area contributed by atoms with Crippen molar-refractivity contribution >= 4 is 17.6 Å². The van der Waals surface area contributed by atoms with Gasteiger partial charge in [0.05, 0.1) is 13.0 Å². The van der Waals surface area contributed by atoms with Gasteiger partial charge < -0.3 is 10.0 Å². The number of aliphatic carboxylic acids is 1. The highest BCUT2D eigenvalue weighted by atomic mass is 16.4. The molecular weight excluding hydrogens is 398 g/mol. The average molecular weight is 426 g/mol. The third-order valence-corrected chi connectivity index (χ3v) is 6.92. The minimum atomic E-state index is -0.723. The molecule has 0 bridgehead atoms. The van der Waals surface area contributed by atoms with Crippen molar-refractivity contribution in [1.82, 2.24) is 0 Å². The Morgan fingerprint density at radius 1 is 1.06 bits per heavy atom. The first kappa shape index (κ1) is 20.5. The van der Waals surface area contributed by atoms with Gasteiger partial charge in [-0.1, -0.05) is 48.0 Å². The molecule has 2 aliphatic rings. The number of carbonyl (C=O) groups is 2. The lowest BCUT2D eigenvalue weighted by molar-refractivity contribution is -0.137. The van der Waals surface area contributed by atoms with Crippen LogP contribution in [0.5, 0.6) is 0 Å². The summed E-state index contributed by atoms with van der Waals surface area (Å²) < 4.78 is 0. The van der Waals surface area contributed by atoms with Crippen molar-refractivity contribution in [2.45, 2.75) is 51.5 Å². The monoisotopic (exact) mass is 425 g/mol. The second-order valence-electron chi connectivity index (χ2n) is 9.04. The molecule has 5 rings (SSSR count). The van der Waals surface area contributed by atoms with Crippen LogP contribution in [0.2, 0.25) is 0 Å². The first-order valence-corrected chi connectivity index (χ1v) is 11.3. The molecule has 4 heteroatoms. The van der Waals surface area contributed by atoms with Crippen LogP contribution in [-0.4, -0.2) is 17.0 Å². The molecule has 4 nitrogen and oxygen atoms in total. The van der Waals surface area contributed by atoms with E-state index < -0.39 is 5.97 Å². The number of nitrogens with zero attached hydrogens (tertiary/aromatic N) is 1. The molecule has 0 saturated heterocycles. The number of amides is 1. The summed E-state index contributed by atoms with van der Waals surface area (Å²) >= 11 is 0. The van der Waals surface area contributed by atoms with Crippen LogP contribution >= 0.6 is 0 Å². The largest absolute Gasteiger partial charge is 0.481 e. The third-order valence-electron chi connectivity index (χ3n) is 6.92. The number of benzene rings is 3. The number of fused-ring (bicyclic) bond motifs is 2. The summed E-state index contributed by atoms with van der Waals surface area (Å²) in [6, 6.07) is 20.7. The maximum atomic E-state index is 13.0. The molecule has 3 aromatic carbocycles. The molecule has 1 atom stereocenters. The van der Waals surface area contributed by atoms with Crippen LogP contribution in [0.1, 0.15) is 62.5 Å². The molecule has 1 amide bonds. The Balaban J connectivity index is 1.32. The summed E-state index contributed by atoms with van der Waals surface area (Å²) in [6.45, 7) is 2.67. The molecule has 32 heavy (non-hydrogen) atoms. The van der Waals surface area contributed by atoms with Crippen LogP contribution in [0.3, 0.4) is 0 Å². The Bertz CT molecular complexity index is 1200. The fourth-order valence-electron chi connectivity index (χ4n) is 5.18. The predicted molar refractivity (Wildman–Crippen MR) is 125 cm³/mol. The maximum Gasteiger partial charge on any atom is 0.303 e. The van der Waals surface area contributed by atoms with Crippen LogP contribution in [-0.2, 0) is 30.6 Å². The Hall–Kier alpha value is -3.40. The molecule has 1 N–H and O–H groups in total. The number of carboxylic acid groups (broad SMARTS) is 1. The first-order chi connectivity index (χ1) is 15.5. The topological polar surface area (TPSA) is 57.6 Å². The van der Waals surface area contributed by atoms with Gasteiger partial charge in [0.2, 0.25) is 0 Å². The second kappa shape index (κ2) is 8.27. The van der Waals surface area contributed by atoms with Gasteiger partial charge in [-0.15, -0.1) is 0 Å². The molecular formula is C28H27NO3. The Kier molecular flexibility index (Phi) is 5.30. The number of aryl methyl sites for hydroxylation is 4. The van der Waals surface area contributed by atoms with E-state index >= 15 is 0 Å². The molecule has 0 fully saturated rings. The van der Waals surface area contributed by atoms with Crippen LogP contribution in [0.25, 0.3) is 0 Å². The van der Waals surface area contributed by atoms with Gasteiger partial charge >= 0.3 is 5.97 Å². The van der Waals surface area contributed by atoms with Crippen LogP contribution in [0.15, 0.2) is 60.7 Å². The van der Waals surface area contributed by atoms with E-state index in [0.29, 0.717) is 6.54 Å². The maximum absolute atomic E-state index is 13.0. The molecule has 0 radical (unpaired) electrons.